The van der Waals surface area contributed by atoms with Crippen molar-refractivity contribution in [1.29, 1.82) is 0 Å². The molecule has 4 nitrogen and oxygen atoms in total. The van der Waals surface area contributed by atoms with Crippen molar-refractivity contribution in [3.05, 3.63) is 102 Å². The highest BCUT2D eigenvalue weighted by atomic mass is 35.5. The van der Waals surface area contributed by atoms with Crippen LogP contribution in [-0.4, -0.2) is 9.38 Å². The zero-order valence-corrected chi connectivity index (χ0v) is 18.8. The number of benzene rings is 3. The van der Waals surface area contributed by atoms with E-state index >= 15 is 0 Å². The number of thiazole rings is 1. The van der Waals surface area contributed by atoms with Crippen LogP contribution >= 0.6 is 34.5 Å². The number of nitrogens with zero attached hydrogens (tertiary/aromatic N) is 2. The summed E-state index contributed by atoms with van der Waals surface area (Å²) < 4.78 is 8.05. The lowest BCUT2D eigenvalue weighted by Gasteiger charge is -2.11. The number of rotatable bonds is 4. The Morgan fingerprint density at radius 3 is 2.52 bits per heavy atom. The summed E-state index contributed by atoms with van der Waals surface area (Å²) >= 11 is 14.2. The van der Waals surface area contributed by atoms with Gasteiger partial charge in [-0.15, -0.1) is 0 Å². The number of hydrogen-bond donors (Lipinski definition) is 0. The number of halogens is 2. The second kappa shape index (κ2) is 8.00. The maximum Gasteiger partial charge on any atom is 0.274 e. The van der Waals surface area contributed by atoms with E-state index in [0.29, 0.717) is 31.9 Å². The summed E-state index contributed by atoms with van der Waals surface area (Å²) in [5, 5.41) is 0.787. The van der Waals surface area contributed by atoms with Crippen LogP contribution in [0.15, 0.2) is 65.5 Å². The lowest BCUT2D eigenvalue weighted by Crippen LogP contribution is -2.22. The Balaban J connectivity index is 1.48. The van der Waals surface area contributed by atoms with Crippen LogP contribution in [0.2, 0.25) is 10.0 Å². The minimum atomic E-state index is -0.111. The molecule has 0 saturated carbocycles. The molecule has 0 aliphatic rings. The first kappa shape index (κ1) is 20.1. The lowest BCUT2D eigenvalue weighted by atomic mass is 10.1. The third kappa shape index (κ3) is 3.81. The van der Waals surface area contributed by atoms with Gasteiger partial charge in [-0.2, -0.15) is 0 Å². The monoisotopic (exact) mass is 466 g/mol. The van der Waals surface area contributed by atoms with Gasteiger partial charge in [-0.3, -0.25) is 4.79 Å². The molecule has 0 fully saturated rings. The molecule has 0 aliphatic carbocycles. The van der Waals surface area contributed by atoms with E-state index in [1.807, 2.05) is 55.5 Å². The number of para-hydroxylation sites is 2. The fraction of sp³-hybridized carbons (Fsp3) is 0.0833. The molecule has 154 valence electrons. The van der Waals surface area contributed by atoms with Gasteiger partial charge >= 0.3 is 0 Å². The second-order valence-electron chi connectivity index (χ2n) is 7.22. The van der Waals surface area contributed by atoms with Crippen molar-refractivity contribution in [1.82, 2.24) is 9.38 Å². The van der Waals surface area contributed by atoms with Crippen LogP contribution in [0.25, 0.3) is 22.1 Å². The van der Waals surface area contributed by atoms with Gasteiger partial charge in [-0.05, 0) is 48.4 Å². The molecule has 0 radical (unpaired) electrons. The summed E-state index contributed by atoms with van der Waals surface area (Å²) in [4.78, 5) is 18.1. The van der Waals surface area contributed by atoms with Gasteiger partial charge in [0, 0.05) is 0 Å². The zero-order valence-electron chi connectivity index (χ0n) is 16.4. The molecule has 0 unspecified atom stereocenters. The number of hydrogen-bond acceptors (Lipinski definition) is 4. The molecule has 0 spiro atoms. The normalized spacial score (nSPS) is 12.2. The van der Waals surface area contributed by atoms with Crippen molar-refractivity contribution in [3.8, 4) is 5.75 Å². The average molecular weight is 467 g/mol. The molecule has 2 heterocycles. The summed E-state index contributed by atoms with van der Waals surface area (Å²) in [6.07, 6.45) is 1.78. The Labute approximate surface area is 191 Å². The van der Waals surface area contributed by atoms with Crippen LogP contribution in [0, 0.1) is 6.92 Å². The van der Waals surface area contributed by atoms with Crippen molar-refractivity contribution in [3.63, 3.8) is 0 Å². The number of fused-ring (bicyclic) bond motifs is 3. The van der Waals surface area contributed by atoms with Gasteiger partial charge in [0.2, 0.25) is 0 Å². The highest BCUT2D eigenvalue weighted by Crippen LogP contribution is 2.35. The molecular formula is C24H16Cl2N2O2S. The van der Waals surface area contributed by atoms with E-state index in [2.05, 4.69) is 4.98 Å². The van der Waals surface area contributed by atoms with Gasteiger partial charge in [0.1, 0.15) is 6.61 Å². The third-order valence-corrected chi connectivity index (χ3v) is 6.50. The van der Waals surface area contributed by atoms with Gasteiger partial charge in [0.15, 0.2) is 10.7 Å². The number of aryl methyl sites for hydroxylation is 1. The third-order valence-electron chi connectivity index (χ3n) is 4.97. The van der Waals surface area contributed by atoms with E-state index in [4.69, 9.17) is 27.9 Å². The standard InChI is InChI=1S/C24H16Cl2N2O2S/c1-14-6-8-15(9-7-14)13-30-22-17(25)10-16(11-18(22)26)12-21-23(29)28-20-5-3-2-4-19(20)27-24(28)31-21/h2-12H,13H2,1H3/b21-12-. The molecule has 31 heavy (non-hydrogen) atoms. The van der Waals surface area contributed by atoms with Gasteiger partial charge in [-0.25, -0.2) is 9.38 Å². The number of ether oxygens (including phenoxy) is 1. The summed E-state index contributed by atoms with van der Waals surface area (Å²) in [5.74, 6) is 0.426. The fourth-order valence-electron chi connectivity index (χ4n) is 3.40. The predicted molar refractivity (Wildman–Crippen MR) is 128 cm³/mol. The first-order chi connectivity index (χ1) is 15.0. The Kier molecular flexibility index (Phi) is 5.18. The molecule has 3 aromatic carbocycles. The van der Waals surface area contributed by atoms with Crippen LogP contribution in [0.3, 0.4) is 0 Å². The lowest BCUT2D eigenvalue weighted by molar-refractivity contribution is 0.306. The maximum absolute atomic E-state index is 12.9. The first-order valence-corrected chi connectivity index (χ1v) is 11.2. The minimum Gasteiger partial charge on any atom is -0.486 e. The van der Waals surface area contributed by atoms with Gasteiger partial charge in [-0.1, -0.05) is 76.5 Å². The van der Waals surface area contributed by atoms with E-state index in [1.165, 1.54) is 16.9 Å². The van der Waals surface area contributed by atoms with E-state index in [1.54, 1.807) is 22.6 Å². The molecule has 0 aliphatic heterocycles. The van der Waals surface area contributed by atoms with Crippen LogP contribution in [0.1, 0.15) is 16.7 Å². The molecule has 2 aromatic heterocycles. The van der Waals surface area contributed by atoms with Crippen LogP contribution in [0.4, 0.5) is 0 Å². The SMILES string of the molecule is Cc1ccc(COc2c(Cl)cc(/C=c3\sc4nc5ccccc5n4c3=O)cc2Cl)cc1. The first-order valence-electron chi connectivity index (χ1n) is 9.59. The molecular weight excluding hydrogens is 451 g/mol. The Bertz CT molecular complexity index is 1520. The van der Waals surface area contributed by atoms with E-state index in [0.717, 1.165) is 22.2 Å². The number of imidazole rings is 1. The topological polar surface area (TPSA) is 43.6 Å². The summed E-state index contributed by atoms with van der Waals surface area (Å²) in [7, 11) is 0. The van der Waals surface area contributed by atoms with E-state index in [9.17, 15) is 4.79 Å². The molecule has 0 atom stereocenters. The predicted octanol–water partition coefficient (Wildman–Crippen LogP) is 5.65. The second-order valence-corrected chi connectivity index (χ2v) is 9.05. The smallest absolute Gasteiger partial charge is 0.274 e. The molecule has 0 amide bonds. The molecule has 0 N–H and O–H groups in total. The van der Waals surface area contributed by atoms with Crippen LogP contribution in [-0.2, 0) is 6.61 Å². The highest BCUT2D eigenvalue weighted by Gasteiger charge is 2.13. The Morgan fingerprint density at radius 1 is 1.06 bits per heavy atom. The molecule has 7 heteroatoms. The van der Waals surface area contributed by atoms with Crippen molar-refractivity contribution < 1.29 is 4.74 Å². The molecule has 5 rings (SSSR count). The van der Waals surface area contributed by atoms with Crippen molar-refractivity contribution >= 4 is 56.6 Å². The average Bonchev–Trinajstić information content (AvgIpc) is 3.25. The van der Waals surface area contributed by atoms with Crippen molar-refractivity contribution in [2.75, 3.05) is 0 Å². The van der Waals surface area contributed by atoms with Gasteiger partial charge in [0.25, 0.3) is 5.56 Å². The summed E-state index contributed by atoms with van der Waals surface area (Å²) in [5.41, 5.74) is 4.43. The zero-order chi connectivity index (χ0) is 21.5. The summed E-state index contributed by atoms with van der Waals surface area (Å²) in [6, 6.07) is 19.2. The van der Waals surface area contributed by atoms with Gasteiger partial charge in [0.05, 0.1) is 25.6 Å². The molecule has 0 bridgehead atoms. The molecule has 0 saturated heterocycles. The maximum atomic E-state index is 12.9. The highest BCUT2D eigenvalue weighted by molar-refractivity contribution is 7.15. The van der Waals surface area contributed by atoms with Crippen molar-refractivity contribution in [2.45, 2.75) is 13.5 Å². The summed E-state index contributed by atoms with van der Waals surface area (Å²) in [6.45, 7) is 2.40. The quantitative estimate of drug-likeness (QED) is 0.343. The largest absolute Gasteiger partial charge is 0.486 e. The van der Waals surface area contributed by atoms with E-state index < -0.39 is 0 Å². The number of aromatic nitrogens is 2. The fourth-order valence-corrected chi connectivity index (χ4v) is 5.00. The Hall–Kier alpha value is -2.86. The van der Waals surface area contributed by atoms with Crippen LogP contribution in [0.5, 0.6) is 5.75 Å². The van der Waals surface area contributed by atoms with Gasteiger partial charge < -0.3 is 4.74 Å². The van der Waals surface area contributed by atoms with Crippen molar-refractivity contribution in [2.24, 2.45) is 0 Å². The minimum absolute atomic E-state index is 0.111. The van der Waals surface area contributed by atoms with E-state index in [-0.39, 0.29) is 5.56 Å². The Morgan fingerprint density at radius 2 is 1.77 bits per heavy atom. The molecule has 5 aromatic rings. The van der Waals surface area contributed by atoms with Crippen LogP contribution < -0.4 is 14.8 Å².